The number of morpholine rings is 1. The second kappa shape index (κ2) is 17.2. The van der Waals surface area contributed by atoms with Gasteiger partial charge in [0.25, 0.3) is 17.7 Å². The monoisotopic (exact) mass is 714 g/mol. The molecule has 2 N–H and O–H groups in total. The Morgan fingerprint density at radius 2 is 1.62 bits per heavy atom. The number of aryl methyl sites for hydroxylation is 1. The van der Waals surface area contributed by atoms with E-state index < -0.39 is 0 Å². The van der Waals surface area contributed by atoms with Gasteiger partial charge in [-0.05, 0) is 105 Å². The van der Waals surface area contributed by atoms with E-state index in [0.29, 0.717) is 34.6 Å². The number of ether oxygens (including phenoxy) is 1. The maximum atomic E-state index is 13.8. The highest BCUT2D eigenvalue weighted by atomic mass is 16.5. The Balaban J connectivity index is 1.09. The van der Waals surface area contributed by atoms with E-state index in [1.807, 2.05) is 24.3 Å². The second-order valence-corrected chi connectivity index (χ2v) is 14.4. The fraction of sp³-hybridized carbons (Fsp3) is 0.395. The van der Waals surface area contributed by atoms with E-state index >= 15 is 0 Å². The molecule has 10 heteroatoms. The first kappa shape index (κ1) is 36.3. The predicted octanol–water partition coefficient (Wildman–Crippen LogP) is 6.59. The molecule has 1 atom stereocenters. The summed E-state index contributed by atoms with van der Waals surface area (Å²) in [6.07, 6.45) is 8.94. The van der Waals surface area contributed by atoms with E-state index in [-0.39, 0.29) is 23.8 Å². The molecule has 0 radical (unpaired) electrons. The molecule has 2 saturated heterocycles. The van der Waals surface area contributed by atoms with Crippen molar-refractivity contribution in [2.45, 2.75) is 51.0 Å². The quantitative estimate of drug-likeness (QED) is 0.181. The average Bonchev–Trinajstić information content (AvgIpc) is 3.21. The molecular formula is C43H50N6O4. The minimum Gasteiger partial charge on any atom is -0.379 e. The van der Waals surface area contributed by atoms with Crippen LogP contribution in [0.3, 0.4) is 0 Å². The van der Waals surface area contributed by atoms with Crippen LogP contribution in [0.2, 0.25) is 0 Å². The van der Waals surface area contributed by atoms with Crippen molar-refractivity contribution in [1.29, 1.82) is 0 Å². The van der Waals surface area contributed by atoms with Crippen LogP contribution < -0.4 is 15.5 Å². The summed E-state index contributed by atoms with van der Waals surface area (Å²) in [5, 5.41) is 6.38. The van der Waals surface area contributed by atoms with Crippen molar-refractivity contribution >= 4 is 29.1 Å². The Bertz CT molecular complexity index is 1920. The number of nitrogens with one attached hydrogen (secondary N) is 2. The zero-order valence-corrected chi connectivity index (χ0v) is 30.7. The molecule has 3 heterocycles. The highest BCUT2D eigenvalue weighted by molar-refractivity contribution is 6.08. The number of amides is 3. The van der Waals surface area contributed by atoms with E-state index in [2.05, 4.69) is 44.7 Å². The number of carbonyl (C=O) groups excluding carboxylic acids is 3. The summed E-state index contributed by atoms with van der Waals surface area (Å²) in [5.41, 5.74) is 6.79. The van der Waals surface area contributed by atoms with E-state index in [4.69, 9.17) is 9.72 Å². The Morgan fingerprint density at radius 1 is 0.830 bits per heavy atom. The van der Waals surface area contributed by atoms with Crippen LogP contribution in [0.25, 0.3) is 11.3 Å². The third-order valence-corrected chi connectivity index (χ3v) is 10.7. The number of carbonyl (C=O) groups is 3. The molecule has 276 valence electrons. The highest BCUT2D eigenvalue weighted by Gasteiger charge is 2.23. The van der Waals surface area contributed by atoms with Crippen molar-refractivity contribution in [1.82, 2.24) is 20.1 Å². The Hall–Kier alpha value is -5.06. The molecule has 53 heavy (non-hydrogen) atoms. The fourth-order valence-corrected chi connectivity index (χ4v) is 7.73. The van der Waals surface area contributed by atoms with E-state index in [9.17, 15) is 14.4 Å². The number of aromatic nitrogens is 1. The largest absolute Gasteiger partial charge is 0.379 e. The van der Waals surface area contributed by atoms with Crippen LogP contribution in [0.4, 0.5) is 11.4 Å². The number of piperidine rings is 1. The molecule has 3 aliphatic rings. The molecule has 0 bridgehead atoms. The molecule has 7 rings (SSSR count). The fourth-order valence-electron chi connectivity index (χ4n) is 7.73. The summed E-state index contributed by atoms with van der Waals surface area (Å²) in [5.74, 6) is -0.601. The van der Waals surface area contributed by atoms with Gasteiger partial charge in [-0.25, -0.2) is 0 Å². The summed E-state index contributed by atoms with van der Waals surface area (Å²) < 4.78 is 5.44. The molecule has 10 nitrogen and oxygen atoms in total. The summed E-state index contributed by atoms with van der Waals surface area (Å²) in [6.45, 7) is 6.82. The maximum Gasteiger partial charge on any atom is 0.255 e. The first-order valence-corrected chi connectivity index (χ1v) is 19.1. The Kier molecular flexibility index (Phi) is 11.8. The van der Waals surface area contributed by atoms with Crippen molar-refractivity contribution in [3.05, 3.63) is 113 Å². The minimum absolute atomic E-state index is 0.0427. The summed E-state index contributed by atoms with van der Waals surface area (Å²) >= 11 is 0. The minimum atomic E-state index is -0.327. The van der Waals surface area contributed by atoms with Crippen molar-refractivity contribution in [2.24, 2.45) is 0 Å². The Labute approximate surface area is 312 Å². The van der Waals surface area contributed by atoms with Crippen LogP contribution in [-0.2, 0) is 11.2 Å². The van der Waals surface area contributed by atoms with Crippen molar-refractivity contribution in [2.75, 3.05) is 69.7 Å². The molecule has 0 spiro atoms. The van der Waals surface area contributed by atoms with Gasteiger partial charge in [-0.2, -0.15) is 0 Å². The first-order valence-electron chi connectivity index (χ1n) is 19.1. The van der Waals surface area contributed by atoms with Crippen LogP contribution in [-0.4, -0.2) is 92.0 Å². The van der Waals surface area contributed by atoms with Gasteiger partial charge in [-0.15, -0.1) is 0 Å². The molecule has 4 aromatic rings. The molecule has 1 aliphatic carbocycles. The second-order valence-electron chi connectivity index (χ2n) is 14.4. The van der Waals surface area contributed by atoms with Crippen LogP contribution in [0.1, 0.15) is 86.8 Å². The standard InChI is InChI=1S/C43H50N6O4/c1-47(20-9-21-48-24-26-53-27-25-48)43(52)34-13-7-12-32(28-34)41(50)46-39-17-16-35(49-22-5-2-6-23-49)30-37(39)40-29-33(18-19-44-40)42(51)45-38-15-8-11-31-10-3-4-14-36(31)38/h3-4,7,10,12-14,16-19,28-30,38H,2,5-6,8-9,11,15,20-27H2,1H3,(H,45,51)(H,46,50). The van der Waals surface area contributed by atoms with Gasteiger partial charge in [0.2, 0.25) is 0 Å². The van der Waals surface area contributed by atoms with Gasteiger partial charge in [0, 0.05) is 80.5 Å². The molecule has 1 aromatic heterocycles. The van der Waals surface area contributed by atoms with Crippen LogP contribution in [0.5, 0.6) is 0 Å². The number of fused-ring (bicyclic) bond motifs is 1. The van der Waals surface area contributed by atoms with Crippen molar-refractivity contribution < 1.29 is 19.1 Å². The normalized spacial score (nSPS) is 17.5. The predicted molar refractivity (Wildman–Crippen MR) is 209 cm³/mol. The van der Waals surface area contributed by atoms with Gasteiger partial charge in [-0.3, -0.25) is 24.3 Å². The molecule has 1 unspecified atom stereocenters. The average molecular weight is 715 g/mol. The van der Waals surface area contributed by atoms with E-state index in [0.717, 1.165) is 95.7 Å². The lowest BCUT2D eigenvalue weighted by Gasteiger charge is -2.29. The lowest BCUT2D eigenvalue weighted by molar-refractivity contribution is 0.0361. The van der Waals surface area contributed by atoms with Gasteiger partial charge >= 0.3 is 0 Å². The SMILES string of the molecule is CN(CCCN1CCOCC1)C(=O)c1cccc(C(=O)Nc2ccc(N3CCCCC3)cc2-c2cc(C(=O)NC3CCCc4ccccc43)ccn2)c1. The smallest absolute Gasteiger partial charge is 0.255 e. The van der Waals surface area contributed by atoms with Crippen LogP contribution >= 0.6 is 0 Å². The number of hydrogen-bond donors (Lipinski definition) is 2. The molecular weight excluding hydrogens is 665 g/mol. The Morgan fingerprint density at radius 3 is 2.47 bits per heavy atom. The lowest BCUT2D eigenvalue weighted by atomic mass is 9.87. The molecule has 2 fully saturated rings. The number of rotatable bonds is 11. The van der Waals surface area contributed by atoms with Gasteiger partial charge < -0.3 is 25.2 Å². The molecule has 2 aliphatic heterocycles. The first-order chi connectivity index (χ1) is 25.9. The number of benzene rings is 3. The van der Waals surface area contributed by atoms with Gasteiger partial charge in [-0.1, -0.05) is 30.3 Å². The van der Waals surface area contributed by atoms with Gasteiger partial charge in [0.1, 0.15) is 0 Å². The number of nitrogens with zero attached hydrogens (tertiary/aromatic N) is 4. The zero-order valence-electron chi connectivity index (χ0n) is 30.7. The van der Waals surface area contributed by atoms with Crippen molar-refractivity contribution in [3.8, 4) is 11.3 Å². The summed E-state index contributed by atoms with van der Waals surface area (Å²) in [6, 6.07) is 24.7. The van der Waals surface area contributed by atoms with Gasteiger partial charge in [0.05, 0.1) is 30.6 Å². The number of anilines is 2. The third-order valence-electron chi connectivity index (χ3n) is 10.7. The van der Waals surface area contributed by atoms with Crippen LogP contribution in [0, 0.1) is 0 Å². The maximum absolute atomic E-state index is 13.8. The van der Waals surface area contributed by atoms with E-state index in [1.165, 1.54) is 17.5 Å². The zero-order chi connectivity index (χ0) is 36.6. The molecule has 3 aromatic carbocycles. The molecule has 3 amide bonds. The topological polar surface area (TPSA) is 107 Å². The third kappa shape index (κ3) is 8.95. The van der Waals surface area contributed by atoms with Crippen molar-refractivity contribution in [3.63, 3.8) is 0 Å². The highest BCUT2D eigenvalue weighted by Crippen LogP contribution is 2.34. The van der Waals surface area contributed by atoms with Crippen LogP contribution in [0.15, 0.2) is 85.1 Å². The number of pyridine rings is 1. The van der Waals surface area contributed by atoms with Gasteiger partial charge in [0.15, 0.2) is 0 Å². The lowest BCUT2D eigenvalue weighted by Crippen LogP contribution is -2.38. The van der Waals surface area contributed by atoms with E-state index in [1.54, 1.807) is 48.5 Å². The molecule has 0 saturated carbocycles. The number of hydrogen-bond acceptors (Lipinski definition) is 7. The summed E-state index contributed by atoms with van der Waals surface area (Å²) in [7, 11) is 1.81. The summed E-state index contributed by atoms with van der Waals surface area (Å²) in [4.78, 5) is 52.0.